The molecule has 1 aromatic rings. The number of hydrogen-bond donors (Lipinski definition) is 1. The van der Waals surface area contributed by atoms with E-state index in [-0.39, 0.29) is 17.7 Å². The highest BCUT2D eigenvalue weighted by molar-refractivity contribution is 7.99. The Balaban J connectivity index is 1.81. The van der Waals surface area contributed by atoms with Crippen molar-refractivity contribution in [2.75, 3.05) is 5.75 Å². The number of benzene rings is 1. The third-order valence-electron chi connectivity index (χ3n) is 5.16. The topological polar surface area (TPSA) is 46.2 Å². The molecule has 2 aliphatic rings. The summed E-state index contributed by atoms with van der Waals surface area (Å²) in [7, 11) is 0. The predicted octanol–water partition coefficient (Wildman–Crippen LogP) is 3.92. The lowest BCUT2D eigenvalue weighted by Gasteiger charge is -2.34. The van der Waals surface area contributed by atoms with Gasteiger partial charge in [-0.3, -0.25) is 9.59 Å². The molecule has 3 atom stereocenters. The Hall–Kier alpha value is -1.29. The zero-order valence-electron chi connectivity index (χ0n) is 13.2. The Bertz CT molecular complexity index is 599. The minimum atomic E-state index is -0.0231. The molecular formula is C18H23NO2S. The van der Waals surface area contributed by atoms with Crippen LogP contribution in [0.4, 0.5) is 0 Å². The van der Waals surface area contributed by atoms with Crippen LogP contribution in [0.5, 0.6) is 0 Å². The average molecular weight is 317 g/mol. The van der Waals surface area contributed by atoms with E-state index in [0.717, 1.165) is 17.1 Å². The molecule has 1 saturated carbocycles. The quantitative estimate of drug-likeness (QED) is 0.899. The van der Waals surface area contributed by atoms with Crippen molar-refractivity contribution in [3.05, 3.63) is 29.3 Å². The van der Waals surface area contributed by atoms with Crippen molar-refractivity contribution < 1.29 is 9.59 Å². The van der Waals surface area contributed by atoms with Gasteiger partial charge in [-0.15, -0.1) is 11.8 Å². The number of hydrogen-bond acceptors (Lipinski definition) is 3. The summed E-state index contributed by atoms with van der Waals surface area (Å²) < 4.78 is 0. The maximum Gasteiger partial charge on any atom is 0.252 e. The molecule has 0 bridgehead atoms. The van der Waals surface area contributed by atoms with E-state index in [1.165, 1.54) is 12.8 Å². The molecule has 3 rings (SSSR count). The minimum Gasteiger partial charge on any atom is -0.349 e. The lowest BCUT2D eigenvalue weighted by Crippen LogP contribution is -2.43. The number of carbonyl (C=O) groups excluding carboxylic acids is 2. The van der Waals surface area contributed by atoms with Gasteiger partial charge in [0.25, 0.3) is 5.91 Å². The molecule has 1 fully saturated rings. The van der Waals surface area contributed by atoms with Crippen LogP contribution in [0.1, 0.15) is 60.2 Å². The third kappa shape index (κ3) is 2.94. The molecule has 1 aliphatic heterocycles. The highest BCUT2D eigenvalue weighted by atomic mass is 32.2. The normalized spacial score (nSPS) is 28.1. The first-order chi connectivity index (χ1) is 10.6. The lowest BCUT2D eigenvalue weighted by molar-refractivity contribution is 0.0888. The van der Waals surface area contributed by atoms with Crippen molar-refractivity contribution in [1.29, 1.82) is 0 Å². The summed E-state index contributed by atoms with van der Waals surface area (Å²) in [6.45, 7) is 4.50. The summed E-state index contributed by atoms with van der Waals surface area (Å²) in [6, 6.07) is 5.75. The Morgan fingerprint density at radius 2 is 2.09 bits per heavy atom. The average Bonchev–Trinajstić information content (AvgIpc) is 2.52. The number of fused-ring (bicyclic) bond motifs is 1. The molecule has 1 aliphatic carbocycles. The smallest absolute Gasteiger partial charge is 0.252 e. The molecule has 22 heavy (non-hydrogen) atoms. The van der Waals surface area contributed by atoms with Crippen molar-refractivity contribution >= 4 is 23.5 Å². The fourth-order valence-corrected chi connectivity index (χ4v) is 4.65. The first kappa shape index (κ1) is 15.6. The number of ketones is 1. The van der Waals surface area contributed by atoms with Crippen LogP contribution in [0.15, 0.2) is 23.1 Å². The summed E-state index contributed by atoms with van der Waals surface area (Å²) in [5.41, 5.74) is 1.38. The van der Waals surface area contributed by atoms with Gasteiger partial charge in [0.05, 0.1) is 5.56 Å². The predicted molar refractivity (Wildman–Crippen MR) is 89.5 cm³/mol. The Morgan fingerprint density at radius 1 is 1.27 bits per heavy atom. The molecule has 4 heteroatoms. The van der Waals surface area contributed by atoms with E-state index in [2.05, 4.69) is 19.2 Å². The molecule has 3 unspecified atom stereocenters. The molecule has 1 aromatic carbocycles. The van der Waals surface area contributed by atoms with Crippen LogP contribution in [0.3, 0.4) is 0 Å². The zero-order valence-corrected chi connectivity index (χ0v) is 14.0. The van der Waals surface area contributed by atoms with Crippen molar-refractivity contribution in [2.45, 2.75) is 50.5 Å². The first-order valence-corrected chi connectivity index (χ1v) is 9.16. The van der Waals surface area contributed by atoms with Crippen LogP contribution < -0.4 is 5.32 Å². The van der Waals surface area contributed by atoms with E-state index in [0.29, 0.717) is 29.4 Å². The first-order valence-electron chi connectivity index (χ1n) is 8.18. The molecule has 0 saturated heterocycles. The Kier molecular flexibility index (Phi) is 4.57. The van der Waals surface area contributed by atoms with Gasteiger partial charge < -0.3 is 5.32 Å². The maximum absolute atomic E-state index is 12.7. The monoisotopic (exact) mass is 317 g/mol. The number of amides is 1. The SMILES string of the molecule is CC1CCCC(NC(=O)c2cccc3c2SCCC3=O)C1C. The summed E-state index contributed by atoms with van der Waals surface area (Å²) in [5.74, 6) is 2.06. The Labute approximate surface area is 136 Å². The van der Waals surface area contributed by atoms with Gasteiger partial charge >= 0.3 is 0 Å². The van der Waals surface area contributed by atoms with E-state index in [1.54, 1.807) is 11.8 Å². The van der Waals surface area contributed by atoms with Crippen molar-refractivity contribution in [1.82, 2.24) is 5.32 Å². The molecule has 3 nitrogen and oxygen atoms in total. The van der Waals surface area contributed by atoms with Gasteiger partial charge in [0.1, 0.15) is 0 Å². The standard InChI is InChI=1S/C18H23NO2S/c1-11-5-3-8-15(12(11)2)19-18(21)14-7-4-6-13-16(20)9-10-22-17(13)14/h4,6-7,11-12,15H,3,5,8-10H2,1-2H3,(H,19,21). The van der Waals surface area contributed by atoms with Crippen LogP contribution in [-0.4, -0.2) is 23.5 Å². The maximum atomic E-state index is 12.7. The molecule has 1 heterocycles. The summed E-state index contributed by atoms with van der Waals surface area (Å²) in [4.78, 5) is 25.6. The second kappa shape index (κ2) is 6.45. The zero-order chi connectivity index (χ0) is 15.7. The van der Waals surface area contributed by atoms with Crippen LogP contribution in [-0.2, 0) is 0 Å². The van der Waals surface area contributed by atoms with E-state index in [9.17, 15) is 9.59 Å². The fourth-order valence-electron chi connectivity index (χ4n) is 3.50. The van der Waals surface area contributed by atoms with Crippen molar-refractivity contribution in [3.8, 4) is 0 Å². The molecule has 1 N–H and O–H groups in total. The van der Waals surface area contributed by atoms with E-state index in [4.69, 9.17) is 0 Å². The van der Waals surface area contributed by atoms with Crippen LogP contribution >= 0.6 is 11.8 Å². The van der Waals surface area contributed by atoms with Crippen LogP contribution in [0, 0.1) is 11.8 Å². The highest BCUT2D eigenvalue weighted by Crippen LogP contribution is 2.34. The summed E-state index contributed by atoms with van der Waals surface area (Å²) >= 11 is 1.63. The number of Topliss-reactive ketones (excluding diaryl/α,β-unsaturated/α-hetero) is 1. The van der Waals surface area contributed by atoms with Crippen molar-refractivity contribution in [2.24, 2.45) is 11.8 Å². The molecule has 0 spiro atoms. The number of thioether (sulfide) groups is 1. The van der Waals surface area contributed by atoms with Gasteiger partial charge in [-0.1, -0.05) is 38.8 Å². The van der Waals surface area contributed by atoms with E-state index >= 15 is 0 Å². The molecule has 118 valence electrons. The van der Waals surface area contributed by atoms with Gasteiger partial charge in [-0.05, 0) is 24.3 Å². The van der Waals surface area contributed by atoms with E-state index in [1.807, 2.05) is 18.2 Å². The fraction of sp³-hybridized carbons (Fsp3) is 0.556. The van der Waals surface area contributed by atoms with Crippen LogP contribution in [0.25, 0.3) is 0 Å². The third-order valence-corrected chi connectivity index (χ3v) is 6.30. The van der Waals surface area contributed by atoms with Crippen LogP contribution in [0.2, 0.25) is 0 Å². The molecular weight excluding hydrogens is 294 g/mol. The largest absolute Gasteiger partial charge is 0.349 e. The van der Waals surface area contributed by atoms with Gasteiger partial charge in [0, 0.05) is 28.7 Å². The van der Waals surface area contributed by atoms with Gasteiger partial charge in [0.15, 0.2) is 5.78 Å². The second-order valence-electron chi connectivity index (χ2n) is 6.55. The van der Waals surface area contributed by atoms with Gasteiger partial charge in [-0.2, -0.15) is 0 Å². The van der Waals surface area contributed by atoms with Gasteiger partial charge in [0.2, 0.25) is 0 Å². The van der Waals surface area contributed by atoms with Crippen molar-refractivity contribution in [3.63, 3.8) is 0 Å². The second-order valence-corrected chi connectivity index (χ2v) is 7.66. The number of rotatable bonds is 2. The molecule has 0 radical (unpaired) electrons. The number of carbonyl (C=O) groups is 2. The van der Waals surface area contributed by atoms with Gasteiger partial charge in [-0.25, -0.2) is 0 Å². The lowest BCUT2D eigenvalue weighted by atomic mass is 9.78. The Morgan fingerprint density at radius 3 is 2.91 bits per heavy atom. The minimum absolute atomic E-state index is 0.0231. The summed E-state index contributed by atoms with van der Waals surface area (Å²) in [5, 5.41) is 3.22. The molecule has 0 aromatic heterocycles. The van der Waals surface area contributed by atoms with E-state index < -0.39 is 0 Å². The summed E-state index contributed by atoms with van der Waals surface area (Å²) in [6.07, 6.45) is 4.05. The number of nitrogens with one attached hydrogen (secondary N) is 1. The highest BCUT2D eigenvalue weighted by Gasteiger charge is 2.30. The molecule has 1 amide bonds.